The van der Waals surface area contributed by atoms with Crippen molar-refractivity contribution >= 4 is 24.2 Å². The van der Waals surface area contributed by atoms with Crippen molar-refractivity contribution in [2.45, 2.75) is 53.5 Å². The van der Waals surface area contributed by atoms with Crippen LogP contribution in [0.5, 0.6) is 0 Å². The molecule has 3 nitrogen and oxygen atoms in total. The zero-order valence-electron chi connectivity index (χ0n) is 14.1. The molecule has 4 rings (SSSR count). The second kappa shape index (κ2) is 7.87. The molecule has 2 unspecified atom stereocenters. The van der Waals surface area contributed by atoms with Crippen LogP contribution in [0.2, 0.25) is 0 Å². The van der Waals surface area contributed by atoms with Crippen LogP contribution in [0.25, 0.3) is 11.8 Å². The van der Waals surface area contributed by atoms with Crippen molar-refractivity contribution < 1.29 is 0 Å². The lowest BCUT2D eigenvalue weighted by Gasteiger charge is -2.17. The molecule has 1 aromatic rings. The smallest absolute Gasteiger partial charge is 0.110 e. The number of fused-ring (bicyclic) bond motifs is 1. The Morgan fingerprint density at radius 1 is 1.05 bits per heavy atom. The van der Waals surface area contributed by atoms with E-state index in [9.17, 15) is 0 Å². The molecular weight excluding hydrogens is 258 g/mol. The minimum absolute atomic E-state index is 0.0230. The van der Waals surface area contributed by atoms with Crippen LogP contribution in [0.3, 0.4) is 0 Å². The standard InChI is InChI=1S/C12H9N3.3C2H6/c1-2-9-10(13-3-1)6-8-7-12(8)11(9)14-4-5-15-12;3*1-2/h1-6,8H,7H2;3*1-2H3. The van der Waals surface area contributed by atoms with Crippen LogP contribution in [0, 0.1) is 5.92 Å². The zero-order valence-corrected chi connectivity index (χ0v) is 14.1. The predicted octanol–water partition coefficient (Wildman–Crippen LogP) is 2.98. The van der Waals surface area contributed by atoms with Crippen molar-refractivity contribution in [3.05, 3.63) is 28.9 Å². The van der Waals surface area contributed by atoms with E-state index in [1.54, 1.807) is 6.21 Å². The third-order valence-corrected chi connectivity index (χ3v) is 3.42. The van der Waals surface area contributed by atoms with Crippen LogP contribution >= 0.6 is 0 Å². The van der Waals surface area contributed by atoms with E-state index in [4.69, 9.17) is 0 Å². The Kier molecular flexibility index (Phi) is 6.47. The van der Waals surface area contributed by atoms with E-state index in [1.165, 1.54) is 0 Å². The fraction of sp³-hybridized carbons (Fsp3) is 0.500. The van der Waals surface area contributed by atoms with Gasteiger partial charge in [-0.3, -0.25) is 15.0 Å². The molecular formula is C18H27N3. The van der Waals surface area contributed by atoms with Gasteiger partial charge < -0.3 is 0 Å². The average Bonchev–Trinajstić information content (AvgIpc) is 3.30. The summed E-state index contributed by atoms with van der Waals surface area (Å²) in [6, 6.07) is 4.05. The summed E-state index contributed by atoms with van der Waals surface area (Å²) in [5.41, 5.74) is 1.09. The van der Waals surface area contributed by atoms with E-state index in [0.717, 1.165) is 22.7 Å². The maximum atomic E-state index is 4.59. The Morgan fingerprint density at radius 2 is 1.76 bits per heavy atom. The highest BCUT2D eigenvalue weighted by atomic mass is 15.0. The van der Waals surface area contributed by atoms with Crippen molar-refractivity contribution in [2.75, 3.05) is 0 Å². The number of hydrogen-bond acceptors (Lipinski definition) is 3. The van der Waals surface area contributed by atoms with E-state index in [0.29, 0.717) is 5.92 Å². The highest BCUT2D eigenvalue weighted by molar-refractivity contribution is 6.19. The normalized spacial score (nSPS) is 25.0. The van der Waals surface area contributed by atoms with E-state index in [2.05, 4.69) is 27.1 Å². The molecule has 3 aliphatic rings. The van der Waals surface area contributed by atoms with Gasteiger partial charge in [0.15, 0.2) is 0 Å². The van der Waals surface area contributed by atoms with E-state index in [-0.39, 0.29) is 5.54 Å². The number of aliphatic imine (C=N–C) groups is 2. The number of nitrogens with zero attached hydrogens (tertiary/aromatic N) is 3. The summed E-state index contributed by atoms with van der Waals surface area (Å²) in [4.78, 5) is 13.5. The molecule has 1 saturated carbocycles. The predicted molar refractivity (Wildman–Crippen MR) is 93.2 cm³/mol. The van der Waals surface area contributed by atoms with Crippen molar-refractivity contribution in [2.24, 2.45) is 15.9 Å². The molecule has 1 spiro atoms. The summed E-state index contributed by atoms with van der Waals surface area (Å²) in [6.07, 6.45) is 8.75. The van der Waals surface area contributed by atoms with Crippen LogP contribution in [0.15, 0.2) is 28.3 Å². The molecule has 0 saturated heterocycles. The molecule has 0 radical (unpaired) electrons. The Morgan fingerprint density at radius 3 is 2.48 bits per heavy atom. The molecule has 1 fully saturated rings. The molecule has 1 aliphatic heterocycles. The largest absolute Gasteiger partial charge is 0.278 e. The number of hydrogen-bond donors (Lipinski definition) is 0. The maximum absolute atomic E-state index is 4.59. The van der Waals surface area contributed by atoms with Crippen LogP contribution in [0.4, 0.5) is 0 Å². The van der Waals surface area contributed by atoms with E-state index < -0.39 is 0 Å². The Bertz CT molecular complexity index is 628. The van der Waals surface area contributed by atoms with Gasteiger partial charge in [0.25, 0.3) is 0 Å². The van der Waals surface area contributed by atoms with Crippen LogP contribution in [-0.4, -0.2) is 23.0 Å². The molecule has 21 heavy (non-hydrogen) atoms. The first-order valence-electron chi connectivity index (χ1n) is 8.16. The summed E-state index contributed by atoms with van der Waals surface area (Å²) < 4.78 is 0. The van der Waals surface area contributed by atoms with Gasteiger partial charge in [0.05, 0.1) is 11.0 Å². The summed E-state index contributed by atoms with van der Waals surface area (Å²) >= 11 is 0. The first-order valence-corrected chi connectivity index (χ1v) is 8.16. The molecule has 0 bridgehead atoms. The minimum atomic E-state index is -0.0230. The first-order chi connectivity index (χ1) is 10.4. The fourth-order valence-electron chi connectivity index (χ4n) is 2.58. The van der Waals surface area contributed by atoms with Gasteiger partial charge in [0, 0.05) is 29.8 Å². The molecule has 114 valence electrons. The minimum Gasteiger partial charge on any atom is -0.278 e. The summed E-state index contributed by atoms with van der Waals surface area (Å²) in [6.45, 7) is 12.0. The Hall–Kier alpha value is -1.77. The van der Waals surface area contributed by atoms with Gasteiger partial charge in [-0.05, 0) is 18.6 Å². The zero-order chi connectivity index (χ0) is 15.9. The van der Waals surface area contributed by atoms with Crippen LogP contribution in [-0.2, 0) is 0 Å². The van der Waals surface area contributed by atoms with Gasteiger partial charge >= 0.3 is 0 Å². The topological polar surface area (TPSA) is 37.6 Å². The number of pyridine rings is 1. The van der Waals surface area contributed by atoms with Crippen molar-refractivity contribution in [1.82, 2.24) is 4.98 Å². The number of rotatable bonds is 0. The lowest BCUT2D eigenvalue weighted by Crippen LogP contribution is -2.37. The lowest BCUT2D eigenvalue weighted by molar-refractivity contribution is 0.807. The molecule has 1 aromatic heterocycles. The third-order valence-electron chi connectivity index (χ3n) is 3.42. The monoisotopic (exact) mass is 285 g/mol. The van der Waals surface area contributed by atoms with Gasteiger partial charge in [-0.25, -0.2) is 0 Å². The highest BCUT2D eigenvalue weighted by Gasteiger charge is 2.58. The summed E-state index contributed by atoms with van der Waals surface area (Å²) in [7, 11) is 0. The first kappa shape index (κ1) is 17.3. The molecule has 2 atom stereocenters. The van der Waals surface area contributed by atoms with Gasteiger partial charge in [-0.15, -0.1) is 0 Å². The average molecular weight is 285 g/mol. The van der Waals surface area contributed by atoms with E-state index >= 15 is 0 Å². The van der Waals surface area contributed by atoms with Gasteiger partial charge in [0.1, 0.15) is 5.54 Å². The van der Waals surface area contributed by atoms with Gasteiger partial charge in [-0.2, -0.15) is 0 Å². The molecule has 2 aliphatic carbocycles. The molecule has 0 amide bonds. The van der Waals surface area contributed by atoms with Crippen molar-refractivity contribution in [3.63, 3.8) is 0 Å². The van der Waals surface area contributed by atoms with E-state index in [1.807, 2.05) is 60.0 Å². The highest BCUT2D eigenvalue weighted by Crippen LogP contribution is 2.55. The fourth-order valence-corrected chi connectivity index (χ4v) is 2.58. The van der Waals surface area contributed by atoms with Crippen LogP contribution in [0.1, 0.15) is 48.0 Å². The number of aromatic nitrogens is 1. The maximum Gasteiger partial charge on any atom is 0.110 e. The van der Waals surface area contributed by atoms with Crippen molar-refractivity contribution in [1.29, 1.82) is 0 Å². The molecule has 0 N–H and O–H groups in total. The molecule has 2 heterocycles. The Balaban J connectivity index is 0.000000332. The van der Waals surface area contributed by atoms with Crippen molar-refractivity contribution in [3.8, 4) is 0 Å². The quantitative estimate of drug-likeness (QED) is 0.722. The lowest BCUT2D eigenvalue weighted by atomic mass is 10.0. The third kappa shape index (κ3) is 2.97. The summed E-state index contributed by atoms with van der Waals surface area (Å²) in [5.74, 6) is 0.517. The second-order valence-corrected chi connectivity index (χ2v) is 4.24. The van der Waals surface area contributed by atoms with Gasteiger partial charge in [-0.1, -0.05) is 47.6 Å². The molecule has 0 aromatic carbocycles. The Labute approximate surface area is 128 Å². The summed E-state index contributed by atoms with van der Waals surface area (Å²) in [5, 5.41) is 2.22. The van der Waals surface area contributed by atoms with Gasteiger partial charge in [0.2, 0.25) is 0 Å². The van der Waals surface area contributed by atoms with Crippen LogP contribution < -0.4 is 10.6 Å². The SMILES string of the molecule is C1=NC2=c3cccnc3=CC3CC23N=C1.CC.CC.CC. The molecule has 3 heteroatoms. The second-order valence-electron chi connectivity index (χ2n) is 4.24.